The molecular formula is C19H16N4OS2. The van der Waals surface area contributed by atoms with Crippen molar-refractivity contribution in [2.75, 3.05) is 5.32 Å². The number of benzene rings is 2. The van der Waals surface area contributed by atoms with Gasteiger partial charge in [-0.3, -0.25) is 0 Å². The smallest absolute Gasteiger partial charge is 0.276 e. The number of anilines is 2. The van der Waals surface area contributed by atoms with Crippen LogP contribution < -0.4 is 5.32 Å². The van der Waals surface area contributed by atoms with Crippen LogP contribution in [0.5, 0.6) is 0 Å². The van der Waals surface area contributed by atoms with Crippen LogP contribution in [0.15, 0.2) is 75.7 Å². The number of rotatable bonds is 7. The number of nitrogens with one attached hydrogen (secondary N) is 1. The fourth-order valence-corrected chi connectivity index (χ4v) is 3.86. The summed E-state index contributed by atoms with van der Waals surface area (Å²) in [6.07, 6.45) is 0.649. The zero-order valence-electron chi connectivity index (χ0n) is 13.8. The van der Waals surface area contributed by atoms with E-state index in [9.17, 15) is 0 Å². The number of aromatic nitrogens is 3. The predicted molar refractivity (Wildman–Crippen MR) is 105 cm³/mol. The second-order valence-electron chi connectivity index (χ2n) is 5.55. The minimum Gasteiger partial charge on any atom is -0.416 e. The lowest BCUT2D eigenvalue weighted by molar-refractivity contribution is 0.420. The summed E-state index contributed by atoms with van der Waals surface area (Å²) in [6, 6.07) is 20.1. The Morgan fingerprint density at radius 3 is 2.54 bits per heavy atom. The van der Waals surface area contributed by atoms with Gasteiger partial charge >= 0.3 is 0 Å². The molecule has 0 saturated heterocycles. The van der Waals surface area contributed by atoms with Gasteiger partial charge in [-0.05, 0) is 17.7 Å². The summed E-state index contributed by atoms with van der Waals surface area (Å²) < 4.78 is 5.71. The van der Waals surface area contributed by atoms with Gasteiger partial charge in [0.1, 0.15) is 0 Å². The molecule has 1 N–H and O–H groups in total. The van der Waals surface area contributed by atoms with Crippen LogP contribution in [0, 0.1) is 0 Å². The number of nitrogens with zero attached hydrogens (tertiary/aromatic N) is 3. The molecule has 7 heteroatoms. The summed E-state index contributed by atoms with van der Waals surface area (Å²) in [5.41, 5.74) is 3.17. The monoisotopic (exact) mass is 380 g/mol. The van der Waals surface area contributed by atoms with Crippen LogP contribution in [-0.4, -0.2) is 15.2 Å². The standard InChI is InChI=1S/C19H16N4OS2/c1-3-7-14(8-4-1)11-17-22-23-19(24-17)26-13-16-12-25-18(21-16)20-15-9-5-2-6-10-15/h1-10,12H,11,13H2,(H,20,21). The highest BCUT2D eigenvalue weighted by Gasteiger charge is 2.09. The molecule has 0 bridgehead atoms. The molecule has 0 unspecified atom stereocenters. The van der Waals surface area contributed by atoms with E-state index in [0.717, 1.165) is 22.1 Å². The Morgan fingerprint density at radius 1 is 0.962 bits per heavy atom. The topological polar surface area (TPSA) is 63.8 Å². The summed E-state index contributed by atoms with van der Waals surface area (Å²) in [6.45, 7) is 0. The molecule has 0 amide bonds. The molecule has 0 radical (unpaired) electrons. The van der Waals surface area contributed by atoms with Gasteiger partial charge < -0.3 is 9.73 Å². The van der Waals surface area contributed by atoms with Crippen molar-refractivity contribution >= 4 is 33.9 Å². The van der Waals surface area contributed by atoms with Crippen LogP contribution in [0.2, 0.25) is 0 Å². The van der Waals surface area contributed by atoms with Crippen molar-refractivity contribution < 1.29 is 4.42 Å². The zero-order valence-corrected chi connectivity index (χ0v) is 15.5. The third kappa shape index (κ3) is 4.50. The van der Waals surface area contributed by atoms with Crippen LogP contribution >= 0.6 is 23.1 Å². The second kappa shape index (κ2) is 8.16. The molecule has 130 valence electrons. The first kappa shape index (κ1) is 16.8. The van der Waals surface area contributed by atoms with E-state index in [0.29, 0.717) is 23.3 Å². The zero-order chi connectivity index (χ0) is 17.6. The number of para-hydroxylation sites is 1. The SMILES string of the molecule is c1ccc(Cc2nnc(SCc3csc(Nc4ccccc4)n3)o2)cc1. The molecular weight excluding hydrogens is 364 g/mol. The van der Waals surface area contributed by atoms with Crippen LogP contribution in [0.25, 0.3) is 0 Å². The summed E-state index contributed by atoms with van der Waals surface area (Å²) in [5.74, 6) is 1.32. The van der Waals surface area contributed by atoms with Crippen molar-refractivity contribution in [2.45, 2.75) is 17.4 Å². The lowest BCUT2D eigenvalue weighted by atomic mass is 10.2. The van der Waals surface area contributed by atoms with Crippen molar-refractivity contribution in [3.8, 4) is 0 Å². The highest BCUT2D eigenvalue weighted by atomic mass is 32.2. The molecule has 0 atom stereocenters. The van der Waals surface area contributed by atoms with E-state index in [2.05, 4.69) is 20.5 Å². The first-order chi connectivity index (χ1) is 12.8. The van der Waals surface area contributed by atoms with E-state index in [4.69, 9.17) is 4.42 Å². The maximum absolute atomic E-state index is 5.71. The first-order valence-electron chi connectivity index (χ1n) is 8.11. The van der Waals surface area contributed by atoms with Crippen LogP contribution in [0.3, 0.4) is 0 Å². The van der Waals surface area contributed by atoms with E-state index in [1.54, 1.807) is 11.3 Å². The largest absolute Gasteiger partial charge is 0.416 e. The van der Waals surface area contributed by atoms with Gasteiger partial charge in [0, 0.05) is 16.8 Å². The number of thioether (sulfide) groups is 1. The van der Waals surface area contributed by atoms with Gasteiger partial charge in [0.15, 0.2) is 5.13 Å². The van der Waals surface area contributed by atoms with Gasteiger partial charge in [-0.25, -0.2) is 4.98 Å². The summed E-state index contributed by atoms with van der Waals surface area (Å²) in [4.78, 5) is 4.59. The molecule has 0 fully saturated rings. The fourth-order valence-electron chi connectivity index (χ4n) is 2.35. The predicted octanol–water partition coefficient (Wildman–Crippen LogP) is 5.15. The number of hydrogen-bond acceptors (Lipinski definition) is 7. The van der Waals surface area contributed by atoms with Crippen molar-refractivity contribution in [1.82, 2.24) is 15.2 Å². The molecule has 0 aliphatic rings. The van der Waals surface area contributed by atoms with E-state index < -0.39 is 0 Å². The minimum absolute atomic E-state index is 0.571. The average Bonchev–Trinajstić information content (AvgIpc) is 3.31. The van der Waals surface area contributed by atoms with Gasteiger partial charge in [0.25, 0.3) is 5.22 Å². The Kier molecular flexibility index (Phi) is 5.27. The number of hydrogen-bond donors (Lipinski definition) is 1. The van der Waals surface area contributed by atoms with E-state index in [-0.39, 0.29) is 0 Å². The average molecular weight is 380 g/mol. The Hall–Kier alpha value is -2.64. The lowest BCUT2D eigenvalue weighted by Gasteiger charge is -2.00. The quantitative estimate of drug-likeness (QED) is 0.447. The normalized spacial score (nSPS) is 10.8. The molecule has 0 aliphatic carbocycles. The molecule has 0 aliphatic heterocycles. The maximum Gasteiger partial charge on any atom is 0.276 e. The van der Waals surface area contributed by atoms with E-state index in [1.165, 1.54) is 11.8 Å². The molecule has 4 rings (SSSR count). The Labute approximate surface area is 159 Å². The van der Waals surface area contributed by atoms with Crippen LogP contribution in [0.1, 0.15) is 17.1 Å². The van der Waals surface area contributed by atoms with Crippen molar-refractivity contribution in [2.24, 2.45) is 0 Å². The summed E-state index contributed by atoms with van der Waals surface area (Å²) in [7, 11) is 0. The maximum atomic E-state index is 5.71. The molecule has 4 aromatic rings. The van der Waals surface area contributed by atoms with Gasteiger partial charge in [0.05, 0.1) is 12.1 Å². The Balaban J connectivity index is 1.32. The molecule has 5 nitrogen and oxygen atoms in total. The molecule has 0 spiro atoms. The Bertz CT molecular complexity index is 874. The molecule has 2 aromatic heterocycles. The van der Waals surface area contributed by atoms with Crippen molar-refractivity contribution in [1.29, 1.82) is 0 Å². The van der Waals surface area contributed by atoms with Gasteiger partial charge in [-0.15, -0.1) is 21.5 Å². The molecule has 0 saturated carbocycles. The van der Waals surface area contributed by atoms with Gasteiger partial charge in [0.2, 0.25) is 5.89 Å². The lowest BCUT2D eigenvalue weighted by Crippen LogP contribution is -1.89. The Morgan fingerprint density at radius 2 is 1.73 bits per heavy atom. The summed E-state index contributed by atoms with van der Waals surface area (Å²) in [5, 5.41) is 15.0. The second-order valence-corrected chi connectivity index (χ2v) is 7.33. The van der Waals surface area contributed by atoms with Crippen molar-refractivity contribution in [3.05, 3.63) is 83.2 Å². The van der Waals surface area contributed by atoms with Gasteiger partial charge in [-0.2, -0.15) is 0 Å². The minimum atomic E-state index is 0.571. The highest BCUT2D eigenvalue weighted by Crippen LogP contribution is 2.26. The van der Waals surface area contributed by atoms with Gasteiger partial charge in [-0.1, -0.05) is 60.3 Å². The van der Waals surface area contributed by atoms with Crippen LogP contribution in [-0.2, 0) is 12.2 Å². The highest BCUT2D eigenvalue weighted by molar-refractivity contribution is 7.98. The third-order valence-corrected chi connectivity index (χ3v) is 5.23. The molecule has 26 heavy (non-hydrogen) atoms. The first-order valence-corrected chi connectivity index (χ1v) is 9.97. The molecule has 2 heterocycles. The van der Waals surface area contributed by atoms with E-state index in [1.807, 2.05) is 66.0 Å². The van der Waals surface area contributed by atoms with Crippen LogP contribution in [0.4, 0.5) is 10.8 Å². The van der Waals surface area contributed by atoms with E-state index >= 15 is 0 Å². The fraction of sp³-hybridized carbons (Fsp3) is 0.105. The number of thiazole rings is 1. The third-order valence-electron chi connectivity index (χ3n) is 3.57. The van der Waals surface area contributed by atoms with Crippen molar-refractivity contribution in [3.63, 3.8) is 0 Å². The molecule has 2 aromatic carbocycles. The summed E-state index contributed by atoms with van der Waals surface area (Å²) >= 11 is 3.08.